The van der Waals surface area contributed by atoms with Crippen molar-refractivity contribution in [1.82, 2.24) is 0 Å². The number of ketones is 1. The summed E-state index contributed by atoms with van der Waals surface area (Å²) in [6.45, 7) is 2.24. The summed E-state index contributed by atoms with van der Waals surface area (Å²) in [5, 5.41) is 19.3. The quantitative estimate of drug-likeness (QED) is 0.237. The SMILES string of the molecule is [2H][C@@](O)(CC(=O)O)C(C(=O)CCCCCCCCCCCCCCC)[N+](C)(C)C. The maximum absolute atomic E-state index is 12.6. The molecule has 5 heteroatoms. The lowest BCUT2D eigenvalue weighted by molar-refractivity contribution is -0.890. The smallest absolute Gasteiger partial charge is 0.306 e. The van der Waals surface area contributed by atoms with Crippen molar-refractivity contribution in [2.45, 2.75) is 115 Å². The van der Waals surface area contributed by atoms with E-state index in [2.05, 4.69) is 6.92 Å². The van der Waals surface area contributed by atoms with E-state index in [4.69, 9.17) is 6.48 Å². The monoisotopic (exact) mass is 401 g/mol. The zero-order chi connectivity index (χ0) is 22.3. The van der Waals surface area contributed by atoms with E-state index in [1.54, 1.807) is 21.1 Å². The number of carboxylic acids is 1. The number of nitrogens with zero attached hydrogens (tertiary/aromatic N) is 1. The third-order valence-corrected chi connectivity index (χ3v) is 5.25. The van der Waals surface area contributed by atoms with Gasteiger partial charge in [0.2, 0.25) is 0 Å². The van der Waals surface area contributed by atoms with E-state index in [1.165, 1.54) is 64.2 Å². The first kappa shape index (κ1) is 25.1. The van der Waals surface area contributed by atoms with Crippen molar-refractivity contribution in [1.29, 1.82) is 0 Å². The summed E-state index contributed by atoms with van der Waals surface area (Å²) < 4.78 is 8.06. The molecule has 0 radical (unpaired) electrons. The molecular weight excluding hydrogens is 354 g/mol. The van der Waals surface area contributed by atoms with Crippen LogP contribution < -0.4 is 0 Å². The second-order valence-corrected chi connectivity index (χ2v) is 9.04. The number of hydrogen-bond acceptors (Lipinski definition) is 3. The van der Waals surface area contributed by atoms with E-state index in [0.717, 1.165) is 19.3 Å². The minimum Gasteiger partial charge on any atom is -0.481 e. The zero-order valence-electron chi connectivity index (χ0n) is 19.8. The van der Waals surface area contributed by atoms with Crippen molar-refractivity contribution in [3.05, 3.63) is 0 Å². The van der Waals surface area contributed by atoms with Crippen molar-refractivity contribution in [2.24, 2.45) is 0 Å². The lowest BCUT2D eigenvalue weighted by Crippen LogP contribution is -2.56. The Labute approximate surface area is 174 Å². The Morgan fingerprint density at radius 1 is 0.821 bits per heavy atom. The van der Waals surface area contributed by atoms with E-state index in [9.17, 15) is 14.7 Å². The summed E-state index contributed by atoms with van der Waals surface area (Å²) in [6.07, 6.45) is 13.2. The molecule has 0 rings (SSSR count). The van der Waals surface area contributed by atoms with Gasteiger partial charge in [-0.2, -0.15) is 0 Å². The van der Waals surface area contributed by atoms with Crippen molar-refractivity contribution in [3.8, 4) is 0 Å². The number of carboxylic acid groups (broad SMARTS) is 1. The number of carbonyl (C=O) groups is 2. The highest BCUT2D eigenvalue weighted by molar-refractivity contribution is 5.84. The highest BCUT2D eigenvalue weighted by Crippen LogP contribution is 2.17. The van der Waals surface area contributed by atoms with Gasteiger partial charge in [-0.15, -0.1) is 0 Å². The van der Waals surface area contributed by atoms with Gasteiger partial charge >= 0.3 is 5.97 Å². The van der Waals surface area contributed by atoms with Crippen LogP contribution in [0.1, 0.15) is 105 Å². The topological polar surface area (TPSA) is 74.6 Å². The second-order valence-electron chi connectivity index (χ2n) is 9.04. The van der Waals surface area contributed by atoms with Gasteiger partial charge in [-0.1, -0.05) is 84.0 Å². The molecule has 2 atom stereocenters. The molecule has 0 aliphatic heterocycles. The highest BCUT2D eigenvalue weighted by Gasteiger charge is 2.38. The number of Topliss-reactive ketones (excluding diaryl/α,β-unsaturated/α-hetero) is 1. The van der Waals surface area contributed by atoms with Crippen molar-refractivity contribution < 1.29 is 25.7 Å². The van der Waals surface area contributed by atoms with Crippen LogP contribution in [-0.4, -0.2) is 59.7 Å². The van der Waals surface area contributed by atoms with Crippen molar-refractivity contribution in [3.63, 3.8) is 0 Å². The highest BCUT2D eigenvalue weighted by atomic mass is 16.4. The van der Waals surface area contributed by atoms with Crippen LogP contribution in [0, 0.1) is 0 Å². The molecule has 0 aromatic rings. The van der Waals surface area contributed by atoms with Gasteiger partial charge in [0.1, 0.15) is 6.08 Å². The Kier molecular flexibility index (Phi) is 14.3. The fourth-order valence-corrected chi connectivity index (χ4v) is 3.77. The van der Waals surface area contributed by atoms with E-state index in [-0.39, 0.29) is 10.3 Å². The number of hydrogen-bond donors (Lipinski definition) is 2. The van der Waals surface area contributed by atoms with Gasteiger partial charge in [-0.3, -0.25) is 9.59 Å². The van der Waals surface area contributed by atoms with Gasteiger partial charge in [0, 0.05) is 6.42 Å². The Hall–Kier alpha value is -0.940. The number of quaternary nitrogens is 1. The van der Waals surface area contributed by atoms with Crippen LogP contribution in [0.25, 0.3) is 0 Å². The molecule has 0 aliphatic rings. The first-order valence-corrected chi connectivity index (χ1v) is 11.3. The molecule has 5 nitrogen and oxygen atoms in total. The van der Waals surface area contributed by atoms with E-state index in [0.29, 0.717) is 6.42 Å². The largest absolute Gasteiger partial charge is 0.481 e. The van der Waals surface area contributed by atoms with Crippen LogP contribution in [0.5, 0.6) is 0 Å². The van der Waals surface area contributed by atoms with Gasteiger partial charge < -0.3 is 14.7 Å². The number of aliphatic carboxylic acids is 1. The average Bonchev–Trinajstić information content (AvgIpc) is 2.56. The fourth-order valence-electron chi connectivity index (χ4n) is 3.77. The number of rotatable bonds is 19. The molecule has 28 heavy (non-hydrogen) atoms. The third kappa shape index (κ3) is 14.1. The molecule has 2 N–H and O–H groups in total. The van der Waals surface area contributed by atoms with Gasteiger partial charge in [0.25, 0.3) is 0 Å². The summed E-state index contributed by atoms with van der Waals surface area (Å²) in [6, 6.07) is -1.06. The maximum Gasteiger partial charge on any atom is 0.306 e. The molecule has 0 heterocycles. The molecule has 0 fully saturated rings. The molecule has 0 bridgehead atoms. The first-order chi connectivity index (χ1) is 13.5. The molecule has 0 aromatic carbocycles. The van der Waals surface area contributed by atoms with Gasteiger partial charge in [0.05, 0.1) is 28.9 Å². The van der Waals surface area contributed by atoms with Gasteiger partial charge in [-0.05, 0) is 6.42 Å². The second kappa shape index (κ2) is 15.9. The molecule has 0 aromatic heterocycles. The zero-order valence-corrected chi connectivity index (χ0v) is 18.8. The first-order valence-electron chi connectivity index (χ1n) is 11.8. The summed E-state index contributed by atoms with van der Waals surface area (Å²) in [4.78, 5) is 23.6. The average molecular weight is 402 g/mol. The third-order valence-electron chi connectivity index (χ3n) is 5.25. The van der Waals surface area contributed by atoms with E-state index in [1.807, 2.05) is 0 Å². The summed E-state index contributed by atoms with van der Waals surface area (Å²) >= 11 is 0. The van der Waals surface area contributed by atoms with E-state index < -0.39 is 24.5 Å². The molecule has 0 saturated carbocycles. The van der Waals surface area contributed by atoms with Gasteiger partial charge in [0.15, 0.2) is 11.8 Å². The molecular formula is C23H46NO4+. The van der Waals surface area contributed by atoms with Crippen LogP contribution in [0.4, 0.5) is 0 Å². The van der Waals surface area contributed by atoms with Crippen LogP contribution in [0.2, 0.25) is 0 Å². The molecule has 0 amide bonds. The summed E-state index contributed by atoms with van der Waals surface area (Å²) in [5.41, 5.74) is 0. The molecule has 0 aliphatic carbocycles. The maximum atomic E-state index is 12.6. The van der Waals surface area contributed by atoms with E-state index >= 15 is 0 Å². The minimum atomic E-state index is -2.29. The number of carbonyl (C=O) groups excluding carboxylic acids is 1. The van der Waals surface area contributed by atoms with Crippen molar-refractivity contribution in [2.75, 3.05) is 21.1 Å². The number of aliphatic hydroxyl groups is 1. The Morgan fingerprint density at radius 2 is 1.21 bits per heavy atom. The molecule has 0 spiro atoms. The Balaban J connectivity index is 3.99. The molecule has 166 valence electrons. The summed E-state index contributed by atoms with van der Waals surface area (Å²) in [7, 11) is 5.15. The summed E-state index contributed by atoms with van der Waals surface area (Å²) in [5.74, 6) is -1.49. The molecule has 1 unspecified atom stereocenters. The standard InChI is InChI=1S/C23H45NO4/c1-5-6-7-8-9-10-11-12-13-14-15-16-17-18-20(25)23(24(2,3)4)21(26)19-22(27)28/h21,23,26H,5-19H2,1-4H3/p+1/t21-,23?/m1/s1/i21D. The Morgan fingerprint density at radius 3 is 1.57 bits per heavy atom. The van der Waals surface area contributed by atoms with Crippen LogP contribution in [0.3, 0.4) is 0 Å². The molecule has 0 saturated heterocycles. The van der Waals surface area contributed by atoms with Crippen molar-refractivity contribution >= 4 is 11.8 Å². The lowest BCUT2D eigenvalue weighted by Gasteiger charge is -2.35. The predicted molar refractivity (Wildman–Crippen MR) is 115 cm³/mol. The van der Waals surface area contributed by atoms with Crippen LogP contribution in [0.15, 0.2) is 0 Å². The lowest BCUT2D eigenvalue weighted by atomic mass is 9.96. The van der Waals surface area contributed by atoms with Crippen LogP contribution >= 0.6 is 0 Å². The predicted octanol–water partition coefficient (Wildman–Crippen LogP) is 4.95. The minimum absolute atomic E-state index is 0.0462. The van der Waals surface area contributed by atoms with Gasteiger partial charge in [-0.25, -0.2) is 0 Å². The van der Waals surface area contributed by atoms with Crippen LogP contribution in [-0.2, 0) is 9.59 Å². The Bertz CT molecular complexity index is 460. The normalized spacial score (nSPS) is 15.7. The number of unbranched alkanes of at least 4 members (excludes halogenated alkanes) is 12. The number of likely N-dealkylation sites (N-methyl/N-ethyl adjacent to an activating group) is 1. The fraction of sp³-hybridized carbons (Fsp3) is 0.913.